The molecule has 0 aromatic heterocycles. The molecule has 1 saturated heterocycles. The van der Waals surface area contributed by atoms with Crippen LogP contribution in [-0.2, 0) is 16.1 Å². The Balaban J connectivity index is 1.59. The van der Waals surface area contributed by atoms with Crippen LogP contribution in [0.5, 0.6) is 11.5 Å². The normalized spacial score (nSPS) is 15.3. The second-order valence-corrected chi connectivity index (χ2v) is 7.91. The summed E-state index contributed by atoms with van der Waals surface area (Å²) in [6.07, 6.45) is -0.252. The molecule has 4 amide bonds. The lowest BCUT2D eigenvalue weighted by Gasteiger charge is -2.22. The first-order chi connectivity index (χ1) is 16.9. The molecule has 180 valence electrons. The quantitative estimate of drug-likeness (QED) is 0.491. The smallest absolute Gasteiger partial charge is 0.332 e. The van der Waals surface area contributed by atoms with Gasteiger partial charge < -0.3 is 19.7 Å². The molecular formula is C26H24FN3O5. The molecular weight excluding hydrogens is 453 g/mol. The maximum atomic E-state index is 13.4. The van der Waals surface area contributed by atoms with Crippen LogP contribution >= 0.6 is 0 Å². The zero-order valence-electron chi connectivity index (χ0n) is 19.2. The fraction of sp³-hybridized carbons (Fsp3) is 0.192. The van der Waals surface area contributed by atoms with Gasteiger partial charge in [0.05, 0.1) is 26.3 Å². The number of urea groups is 1. The van der Waals surface area contributed by atoms with E-state index in [9.17, 15) is 18.8 Å². The van der Waals surface area contributed by atoms with Gasteiger partial charge in [0, 0.05) is 12.2 Å². The van der Waals surface area contributed by atoms with Gasteiger partial charge in [-0.2, -0.15) is 0 Å². The monoisotopic (exact) mass is 477 g/mol. The van der Waals surface area contributed by atoms with Crippen molar-refractivity contribution in [3.05, 3.63) is 84.2 Å². The van der Waals surface area contributed by atoms with Gasteiger partial charge >= 0.3 is 6.03 Å². The average Bonchev–Trinajstić information content (AvgIpc) is 3.09. The largest absolute Gasteiger partial charge is 0.497 e. The molecule has 0 spiro atoms. The number of methoxy groups -OCH3 is 2. The highest BCUT2D eigenvalue weighted by Crippen LogP contribution is 2.29. The lowest BCUT2D eigenvalue weighted by Crippen LogP contribution is -2.37. The van der Waals surface area contributed by atoms with Crippen molar-refractivity contribution in [2.24, 2.45) is 0 Å². The van der Waals surface area contributed by atoms with E-state index in [-0.39, 0.29) is 18.7 Å². The molecule has 8 nitrogen and oxygen atoms in total. The van der Waals surface area contributed by atoms with E-state index in [1.54, 1.807) is 55.6 Å². The van der Waals surface area contributed by atoms with Crippen molar-refractivity contribution in [3.63, 3.8) is 0 Å². The zero-order chi connectivity index (χ0) is 24.9. The van der Waals surface area contributed by atoms with E-state index < -0.39 is 29.7 Å². The van der Waals surface area contributed by atoms with E-state index in [1.807, 2.05) is 0 Å². The number of hydrogen-bond donors (Lipinski definition) is 1. The number of hydrogen-bond acceptors (Lipinski definition) is 5. The highest BCUT2D eigenvalue weighted by Gasteiger charge is 2.46. The molecule has 3 aromatic rings. The van der Waals surface area contributed by atoms with Gasteiger partial charge in [0.15, 0.2) is 0 Å². The summed E-state index contributed by atoms with van der Waals surface area (Å²) in [4.78, 5) is 41.8. The fourth-order valence-corrected chi connectivity index (χ4v) is 3.87. The van der Waals surface area contributed by atoms with Crippen LogP contribution in [0.4, 0.5) is 20.6 Å². The lowest BCUT2D eigenvalue weighted by molar-refractivity contribution is -0.124. The van der Waals surface area contributed by atoms with Crippen LogP contribution in [0.25, 0.3) is 0 Å². The Bertz CT molecular complexity index is 1230. The number of anilines is 2. The highest BCUT2D eigenvalue weighted by molar-refractivity contribution is 6.22. The van der Waals surface area contributed by atoms with Crippen LogP contribution in [-0.4, -0.2) is 43.0 Å². The predicted molar refractivity (Wildman–Crippen MR) is 128 cm³/mol. The van der Waals surface area contributed by atoms with Crippen LogP contribution in [0.1, 0.15) is 12.0 Å². The van der Waals surface area contributed by atoms with Gasteiger partial charge in [-0.05, 0) is 66.2 Å². The summed E-state index contributed by atoms with van der Waals surface area (Å²) in [7, 11) is 3.08. The fourth-order valence-electron chi connectivity index (χ4n) is 3.87. The second kappa shape index (κ2) is 10.3. The second-order valence-electron chi connectivity index (χ2n) is 7.91. The van der Waals surface area contributed by atoms with Crippen molar-refractivity contribution < 1.29 is 28.2 Å². The van der Waals surface area contributed by atoms with Crippen LogP contribution < -0.4 is 19.7 Å². The average molecular weight is 477 g/mol. The third kappa shape index (κ3) is 5.24. The molecule has 35 heavy (non-hydrogen) atoms. The van der Waals surface area contributed by atoms with E-state index in [4.69, 9.17) is 9.47 Å². The molecule has 0 bridgehead atoms. The summed E-state index contributed by atoms with van der Waals surface area (Å²) in [6, 6.07) is 17.3. The van der Waals surface area contributed by atoms with E-state index in [2.05, 4.69) is 5.32 Å². The van der Waals surface area contributed by atoms with Gasteiger partial charge in [-0.3, -0.25) is 9.59 Å². The van der Waals surface area contributed by atoms with Crippen LogP contribution in [0.15, 0.2) is 72.8 Å². The minimum atomic E-state index is -1.04. The first kappa shape index (κ1) is 23.7. The first-order valence-corrected chi connectivity index (χ1v) is 10.9. The molecule has 4 rings (SSSR count). The Morgan fingerprint density at radius 1 is 0.943 bits per heavy atom. The molecule has 0 aliphatic carbocycles. The third-order valence-corrected chi connectivity index (χ3v) is 5.64. The Kier molecular flexibility index (Phi) is 6.96. The van der Waals surface area contributed by atoms with Gasteiger partial charge in [0.1, 0.15) is 23.4 Å². The van der Waals surface area contributed by atoms with E-state index >= 15 is 0 Å². The van der Waals surface area contributed by atoms with Gasteiger partial charge in [-0.1, -0.05) is 12.1 Å². The Labute approximate surface area is 201 Å². The molecule has 0 saturated carbocycles. The Hall–Kier alpha value is -4.40. The molecule has 1 aliphatic rings. The number of ether oxygens (including phenoxy) is 2. The zero-order valence-corrected chi connectivity index (χ0v) is 19.2. The number of rotatable bonds is 8. The van der Waals surface area contributed by atoms with Crippen molar-refractivity contribution in [1.82, 2.24) is 4.90 Å². The molecule has 1 aliphatic heterocycles. The molecule has 0 unspecified atom stereocenters. The van der Waals surface area contributed by atoms with Crippen LogP contribution in [0, 0.1) is 5.82 Å². The van der Waals surface area contributed by atoms with Gasteiger partial charge in [-0.25, -0.2) is 14.1 Å². The number of carbonyl (C=O) groups excluding carboxylic acids is 3. The number of imide groups is 1. The highest BCUT2D eigenvalue weighted by atomic mass is 19.1. The molecule has 1 fully saturated rings. The standard InChI is InChI=1S/C26H24FN3O5/c1-34-21-12-8-19(9-13-21)28-24(31)15-23-25(32)30(20-10-6-18(27)7-11-20)26(33)29(23)16-17-4-3-5-22(14-17)35-2/h3-14,23H,15-16H2,1-2H3,(H,28,31)/t23-/m1/s1. The minimum absolute atomic E-state index is 0.0833. The summed E-state index contributed by atoms with van der Waals surface area (Å²) in [5.74, 6) is -0.243. The minimum Gasteiger partial charge on any atom is -0.497 e. The number of nitrogens with zero attached hydrogens (tertiary/aromatic N) is 2. The number of benzene rings is 3. The lowest BCUT2D eigenvalue weighted by atomic mass is 10.1. The van der Waals surface area contributed by atoms with Crippen LogP contribution in [0.2, 0.25) is 0 Å². The molecule has 9 heteroatoms. The van der Waals surface area contributed by atoms with E-state index in [1.165, 1.54) is 36.3 Å². The van der Waals surface area contributed by atoms with Gasteiger partial charge in [-0.15, -0.1) is 0 Å². The maximum Gasteiger partial charge on any atom is 0.332 e. The summed E-state index contributed by atoms with van der Waals surface area (Å²) in [6.45, 7) is 0.0833. The summed E-state index contributed by atoms with van der Waals surface area (Å²) < 4.78 is 23.8. The summed E-state index contributed by atoms with van der Waals surface area (Å²) >= 11 is 0. The number of halogens is 1. The van der Waals surface area contributed by atoms with Crippen molar-refractivity contribution in [1.29, 1.82) is 0 Å². The van der Waals surface area contributed by atoms with E-state index in [0.717, 1.165) is 10.5 Å². The van der Waals surface area contributed by atoms with Crippen LogP contribution in [0.3, 0.4) is 0 Å². The van der Waals surface area contributed by atoms with Crippen molar-refractivity contribution in [2.45, 2.75) is 19.0 Å². The number of nitrogens with one attached hydrogen (secondary N) is 1. The van der Waals surface area contributed by atoms with Crippen molar-refractivity contribution in [2.75, 3.05) is 24.4 Å². The number of amides is 4. The van der Waals surface area contributed by atoms with Gasteiger partial charge in [0.25, 0.3) is 5.91 Å². The maximum absolute atomic E-state index is 13.4. The predicted octanol–water partition coefficient (Wildman–Crippen LogP) is 4.21. The molecule has 0 radical (unpaired) electrons. The van der Waals surface area contributed by atoms with E-state index in [0.29, 0.717) is 17.2 Å². The topological polar surface area (TPSA) is 88.2 Å². The van der Waals surface area contributed by atoms with Gasteiger partial charge in [0.2, 0.25) is 5.91 Å². The summed E-state index contributed by atoms with van der Waals surface area (Å²) in [5.41, 5.74) is 1.49. The molecule has 1 heterocycles. The molecule has 1 atom stereocenters. The third-order valence-electron chi connectivity index (χ3n) is 5.64. The first-order valence-electron chi connectivity index (χ1n) is 10.9. The van der Waals surface area contributed by atoms with Crippen molar-refractivity contribution in [3.8, 4) is 11.5 Å². The van der Waals surface area contributed by atoms with Crippen molar-refractivity contribution >= 4 is 29.2 Å². The summed E-state index contributed by atoms with van der Waals surface area (Å²) in [5, 5.41) is 2.75. The molecule has 3 aromatic carbocycles. The SMILES string of the molecule is COc1ccc(NC(=O)C[C@@H]2C(=O)N(c3ccc(F)cc3)C(=O)N2Cc2cccc(OC)c2)cc1. The Morgan fingerprint density at radius 2 is 1.63 bits per heavy atom. The number of carbonyl (C=O) groups is 3. The Morgan fingerprint density at radius 3 is 2.29 bits per heavy atom. The molecule has 1 N–H and O–H groups in total.